The first-order valence-corrected chi connectivity index (χ1v) is 4.77. The van der Waals surface area contributed by atoms with Crippen LogP contribution in [0.3, 0.4) is 0 Å². The van der Waals surface area contributed by atoms with Gasteiger partial charge in [-0.25, -0.2) is 14.1 Å². The predicted octanol–water partition coefficient (Wildman–Crippen LogP) is 1.80. The molecule has 0 amide bonds. The molecule has 2 N–H and O–H groups in total. The Morgan fingerprint density at radius 2 is 2.19 bits per heavy atom. The highest BCUT2D eigenvalue weighted by Gasteiger charge is 2.00. The lowest BCUT2D eigenvalue weighted by atomic mass is 10.2. The third-order valence-corrected chi connectivity index (χ3v) is 2.06. The lowest BCUT2D eigenvalue weighted by Gasteiger charge is -1.96. The molecule has 1 aromatic heterocycles. The molecule has 2 rings (SSSR count). The fourth-order valence-corrected chi connectivity index (χ4v) is 1.30. The Morgan fingerprint density at radius 3 is 2.81 bits per heavy atom. The number of benzene rings is 1. The van der Waals surface area contributed by atoms with Crippen LogP contribution < -0.4 is 5.73 Å². The third kappa shape index (κ3) is 2.08. The number of aryl methyl sites for hydroxylation is 1. The normalized spacial score (nSPS) is 11.1. The molecule has 0 spiro atoms. The Bertz CT molecular complexity index is 531. The highest BCUT2D eigenvalue weighted by atomic mass is 19.1. The summed E-state index contributed by atoms with van der Waals surface area (Å²) in [6, 6.07) is 6.39. The Hall–Kier alpha value is -2.17. The fraction of sp³-hybridized carbons (Fsp3) is 0.0909. The minimum Gasteiger partial charge on any atom is -0.368 e. The average molecular weight is 218 g/mol. The molecule has 0 fully saturated rings. The second kappa shape index (κ2) is 4.14. The van der Waals surface area contributed by atoms with Crippen molar-refractivity contribution in [1.82, 2.24) is 9.66 Å². The molecule has 5 heteroatoms. The lowest BCUT2D eigenvalue weighted by molar-refractivity contribution is 0.625. The van der Waals surface area contributed by atoms with Gasteiger partial charge in [0, 0.05) is 5.56 Å². The van der Waals surface area contributed by atoms with Crippen molar-refractivity contribution in [3.05, 3.63) is 47.5 Å². The van der Waals surface area contributed by atoms with Crippen molar-refractivity contribution < 1.29 is 4.39 Å². The van der Waals surface area contributed by atoms with Crippen LogP contribution in [0, 0.1) is 12.7 Å². The number of rotatable bonds is 2. The number of anilines is 1. The van der Waals surface area contributed by atoms with Gasteiger partial charge in [-0.1, -0.05) is 18.2 Å². The van der Waals surface area contributed by atoms with E-state index in [2.05, 4.69) is 10.1 Å². The molecule has 1 heterocycles. The number of nitrogen functional groups attached to an aromatic ring is 1. The van der Waals surface area contributed by atoms with Crippen LogP contribution in [0.25, 0.3) is 0 Å². The van der Waals surface area contributed by atoms with Crippen molar-refractivity contribution >= 4 is 12.2 Å². The summed E-state index contributed by atoms with van der Waals surface area (Å²) in [6.45, 7) is 1.81. The molecule has 4 nitrogen and oxygen atoms in total. The van der Waals surface area contributed by atoms with Crippen LogP contribution in [0.1, 0.15) is 11.3 Å². The third-order valence-electron chi connectivity index (χ3n) is 2.06. The quantitative estimate of drug-likeness (QED) is 0.781. The Balaban J connectivity index is 2.28. The topological polar surface area (TPSA) is 56.2 Å². The van der Waals surface area contributed by atoms with E-state index in [1.54, 1.807) is 24.4 Å². The molecule has 1 aromatic carbocycles. The molecule has 0 saturated carbocycles. The van der Waals surface area contributed by atoms with Gasteiger partial charge in [0.1, 0.15) is 5.82 Å². The van der Waals surface area contributed by atoms with Crippen molar-refractivity contribution in [1.29, 1.82) is 0 Å². The van der Waals surface area contributed by atoms with Crippen molar-refractivity contribution in [2.24, 2.45) is 5.10 Å². The number of hydrogen-bond acceptors (Lipinski definition) is 3. The summed E-state index contributed by atoms with van der Waals surface area (Å²) < 4.78 is 14.7. The second-order valence-corrected chi connectivity index (χ2v) is 3.35. The van der Waals surface area contributed by atoms with Crippen molar-refractivity contribution in [3.63, 3.8) is 0 Å². The van der Waals surface area contributed by atoms with E-state index in [1.165, 1.54) is 17.0 Å². The summed E-state index contributed by atoms with van der Waals surface area (Å²) in [5.41, 5.74) is 6.77. The first-order valence-electron chi connectivity index (χ1n) is 4.77. The van der Waals surface area contributed by atoms with E-state index in [1.807, 2.05) is 6.92 Å². The lowest BCUT2D eigenvalue weighted by Crippen LogP contribution is -1.97. The van der Waals surface area contributed by atoms with Gasteiger partial charge in [-0.3, -0.25) is 0 Å². The maximum Gasteiger partial charge on any atom is 0.221 e. The molecule has 0 atom stereocenters. The molecule has 16 heavy (non-hydrogen) atoms. The summed E-state index contributed by atoms with van der Waals surface area (Å²) in [7, 11) is 0. The number of nitrogens with zero attached hydrogens (tertiary/aromatic N) is 3. The number of nitrogens with two attached hydrogens (primary N) is 1. The van der Waals surface area contributed by atoms with E-state index in [-0.39, 0.29) is 11.8 Å². The van der Waals surface area contributed by atoms with Gasteiger partial charge >= 0.3 is 0 Å². The average Bonchev–Trinajstić information content (AvgIpc) is 2.56. The summed E-state index contributed by atoms with van der Waals surface area (Å²) in [6.07, 6.45) is 3.08. The molecule has 0 unspecified atom stereocenters. The van der Waals surface area contributed by atoms with Gasteiger partial charge in [0.2, 0.25) is 5.95 Å². The Kier molecular flexibility index (Phi) is 2.68. The van der Waals surface area contributed by atoms with Crippen LogP contribution in [-0.2, 0) is 0 Å². The molecule has 0 aliphatic rings. The van der Waals surface area contributed by atoms with Crippen molar-refractivity contribution in [3.8, 4) is 0 Å². The van der Waals surface area contributed by atoms with Gasteiger partial charge < -0.3 is 5.73 Å². The van der Waals surface area contributed by atoms with Crippen LogP contribution in [-0.4, -0.2) is 15.9 Å². The van der Waals surface area contributed by atoms with Gasteiger partial charge in [0.15, 0.2) is 0 Å². The number of halogens is 1. The highest BCUT2D eigenvalue weighted by molar-refractivity contribution is 5.79. The van der Waals surface area contributed by atoms with Crippen LogP contribution in [0.4, 0.5) is 10.3 Å². The molecule has 2 aromatic rings. The van der Waals surface area contributed by atoms with Crippen LogP contribution >= 0.6 is 0 Å². The second-order valence-electron chi connectivity index (χ2n) is 3.35. The minimum absolute atomic E-state index is 0.282. The van der Waals surface area contributed by atoms with Crippen molar-refractivity contribution in [2.45, 2.75) is 6.92 Å². The van der Waals surface area contributed by atoms with Gasteiger partial charge in [-0.05, 0) is 13.0 Å². The Labute approximate surface area is 92.2 Å². The predicted molar refractivity (Wildman–Crippen MR) is 60.8 cm³/mol. The summed E-state index contributed by atoms with van der Waals surface area (Å²) in [5.74, 6) is -0.0354. The molecule has 0 aliphatic carbocycles. The van der Waals surface area contributed by atoms with Gasteiger partial charge in [0.05, 0.1) is 18.1 Å². The van der Waals surface area contributed by atoms with Gasteiger partial charge in [0.25, 0.3) is 0 Å². The maximum absolute atomic E-state index is 13.3. The van der Waals surface area contributed by atoms with E-state index in [0.717, 1.165) is 5.69 Å². The van der Waals surface area contributed by atoms with Crippen LogP contribution in [0.2, 0.25) is 0 Å². The largest absolute Gasteiger partial charge is 0.368 e. The smallest absolute Gasteiger partial charge is 0.221 e. The molecule has 0 bridgehead atoms. The first kappa shape index (κ1) is 10.4. The summed E-state index contributed by atoms with van der Waals surface area (Å²) >= 11 is 0. The van der Waals surface area contributed by atoms with E-state index in [4.69, 9.17) is 5.73 Å². The number of hydrogen-bond donors (Lipinski definition) is 1. The molecule has 0 radical (unpaired) electrons. The SMILES string of the molecule is Cc1cn(N=Cc2ccccc2F)c(N)n1. The molecular weight excluding hydrogens is 207 g/mol. The van der Waals surface area contributed by atoms with E-state index < -0.39 is 0 Å². The van der Waals surface area contributed by atoms with E-state index in [9.17, 15) is 4.39 Å². The maximum atomic E-state index is 13.3. The molecule has 0 saturated heterocycles. The zero-order chi connectivity index (χ0) is 11.5. The van der Waals surface area contributed by atoms with Gasteiger partial charge in [-0.15, -0.1) is 0 Å². The monoisotopic (exact) mass is 218 g/mol. The zero-order valence-corrected chi connectivity index (χ0v) is 8.76. The summed E-state index contributed by atoms with van der Waals surface area (Å²) in [4.78, 5) is 3.98. The number of imidazole rings is 1. The zero-order valence-electron chi connectivity index (χ0n) is 8.76. The van der Waals surface area contributed by atoms with Crippen LogP contribution in [0.5, 0.6) is 0 Å². The highest BCUT2D eigenvalue weighted by Crippen LogP contribution is 2.06. The van der Waals surface area contributed by atoms with E-state index in [0.29, 0.717) is 5.56 Å². The van der Waals surface area contributed by atoms with Crippen LogP contribution in [0.15, 0.2) is 35.6 Å². The van der Waals surface area contributed by atoms with Crippen molar-refractivity contribution in [2.75, 3.05) is 5.73 Å². The molecular formula is C11H11FN4. The number of aromatic nitrogens is 2. The molecule has 82 valence electrons. The Morgan fingerprint density at radius 1 is 1.44 bits per heavy atom. The fourth-order valence-electron chi connectivity index (χ4n) is 1.30. The van der Waals surface area contributed by atoms with E-state index >= 15 is 0 Å². The first-order chi connectivity index (χ1) is 7.66. The molecule has 0 aliphatic heterocycles. The minimum atomic E-state index is -0.318. The summed E-state index contributed by atoms with van der Waals surface area (Å²) in [5, 5.41) is 4.02. The standard InChI is InChI=1S/C11H11FN4/c1-8-7-16(11(13)15-8)14-6-9-4-2-3-5-10(9)12/h2-7H,1H3,(H2,13,15). The van der Waals surface area contributed by atoms with Gasteiger partial charge in [-0.2, -0.15) is 5.10 Å².